The number of benzene rings is 1. The summed E-state index contributed by atoms with van der Waals surface area (Å²) in [6.45, 7) is 3.54. The molecule has 0 aliphatic carbocycles. The maximum absolute atomic E-state index is 5.48. The lowest BCUT2D eigenvalue weighted by Gasteiger charge is -2.04. The van der Waals surface area contributed by atoms with E-state index in [9.17, 15) is 0 Å². The van der Waals surface area contributed by atoms with E-state index < -0.39 is 0 Å². The lowest BCUT2D eigenvalue weighted by atomic mass is 10.3. The van der Waals surface area contributed by atoms with E-state index in [4.69, 9.17) is 9.26 Å². The Morgan fingerprint density at radius 1 is 1.23 bits per heavy atom. The molecule has 1 aromatic rings. The SMILES string of the molecule is CCOPCCOc1ccccc1. The predicted octanol–water partition coefficient (Wildman–Crippen LogP) is 2.70. The molecule has 0 amide bonds. The highest BCUT2D eigenvalue weighted by atomic mass is 31.1. The van der Waals surface area contributed by atoms with Crippen molar-refractivity contribution in [3.63, 3.8) is 0 Å². The van der Waals surface area contributed by atoms with Crippen LogP contribution >= 0.6 is 8.81 Å². The van der Waals surface area contributed by atoms with Crippen molar-refractivity contribution in [3.05, 3.63) is 30.3 Å². The second kappa shape index (κ2) is 6.88. The molecule has 1 atom stereocenters. The topological polar surface area (TPSA) is 18.5 Å². The van der Waals surface area contributed by atoms with E-state index in [0.717, 1.165) is 25.1 Å². The molecule has 0 fully saturated rings. The average molecular weight is 198 g/mol. The van der Waals surface area contributed by atoms with E-state index in [1.54, 1.807) is 0 Å². The maximum atomic E-state index is 5.48. The summed E-state index contributed by atoms with van der Waals surface area (Å²) in [4.78, 5) is 0. The van der Waals surface area contributed by atoms with Crippen LogP contribution in [0.1, 0.15) is 6.92 Å². The molecule has 72 valence electrons. The zero-order chi connectivity index (χ0) is 9.36. The molecule has 0 heterocycles. The Kier molecular flexibility index (Phi) is 5.55. The van der Waals surface area contributed by atoms with Crippen LogP contribution in [-0.2, 0) is 4.52 Å². The Morgan fingerprint density at radius 3 is 2.69 bits per heavy atom. The van der Waals surface area contributed by atoms with Crippen molar-refractivity contribution in [2.75, 3.05) is 19.4 Å². The Bertz CT molecular complexity index is 213. The van der Waals surface area contributed by atoms with E-state index in [2.05, 4.69) is 0 Å². The van der Waals surface area contributed by atoms with Crippen LogP contribution in [0.15, 0.2) is 30.3 Å². The van der Waals surface area contributed by atoms with E-state index in [1.807, 2.05) is 37.3 Å². The predicted molar refractivity (Wildman–Crippen MR) is 56.7 cm³/mol. The van der Waals surface area contributed by atoms with Crippen molar-refractivity contribution in [3.8, 4) is 5.75 Å². The summed E-state index contributed by atoms with van der Waals surface area (Å²) in [5, 5.41) is 0. The molecule has 0 radical (unpaired) electrons. The van der Waals surface area contributed by atoms with Gasteiger partial charge in [0, 0.05) is 21.6 Å². The summed E-state index contributed by atoms with van der Waals surface area (Å²) in [6, 6.07) is 9.85. The number of rotatable bonds is 6. The molecule has 0 saturated heterocycles. The summed E-state index contributed by atoms with van der Waals surface area (Å²) in [5.74, 6) is 0.934. The highest BCUT2D eigenvalue weighted by molar-refractivity contribution is 7.32. The van der Waals surface area contributed by atoms with Crippen LogP contribution in [0, 0.1) is 0 Å². The first kappa shape index (κ1) is 10.5. The number of para-hydroxylation sites is 1. The van der Waals surface area contributed by atoms with Crippen molar-refractivity contribution in [1.82, 2.24) is 0 Å². The first-order valence-electron chi connectivity index (χ1n) is 4.46. The van der Waals surface area contributed by atoms with E-state index in [0.29, 0.717) is 8.81 Å². The van der Waals surface area contributed by atoms with Gasteiger partial charge in [0.1, 0.15) is 5.75 Å². The molecular formula is C10H15O2P. The fourth-order valence-corrected chi connectivity index (χ4v) is 1.44. The van der Waals surface area contributed by atoms with Crippen LogP contribution in [0.5, 0.6) is 5.75 Å². The van der Waals surface area contributed by atoms with Crippen LogP contribution < -0.4 is 4.74 Å². The monoisotopic (exact) mass is 198 g/mol. The number of hydrogen-bond donors (Lipinski definition) is 0. The number of hydrogen-bond acceptors (Lipinski definition) is 2. The van der Waals surface area contributed by atoms with E-state index >= 15 is 0 Å². The smallest absolute Gasteiger partial charge is 0.119 e. The van der Waals surface area contributed by atoms with Crippen LogP contribution in [0.3, 0.4) is 0 Å². The molecule has 0 bridgehead atoms. The minimum atomic E-state index is 0.559. The molecule has 0 spiro atoms. The van der Waals surface area contributed by atoms with Gasteiger partial charge in [-0.1, -0.05) is 18.2 Å². The van der Waals surface area contributed by atoms with Gasteiger partial charge in [0.25, 0.3) is 0 Å². The van der Waals surface area contributed by atoms with E-state index in [1.165, 1.54) is 0 Å². The second-order valence-corrected chi connectivity index (χ2v) is 3.57. The van der Waals surface area contributed by atoms with Crippen LogP contribution in [0.25, 0.3) is 0 Å². The molecule has 1 rings (SSSR count). The molecule has 0 aromatic heterocycles. The van der Waals surface area contributed by atoms with Crippen molar-refractivity contribution < 1.29 is 9.26 Å². The highest BCUT2D eigenvalue weighted by Crippen LogP contribution is 2.12. The zero-order valence-corrected chi connectivity index (χ0v) is 8.82. The van der Waals surface area contributed by atoms with Crippen molar-refractivity contribution >= 4 is 8.81 Å². The Hall–Kier alpha value is -0.590. The summed E-state index contributed by atoms with van der Waals surface area (Å²) in [6.07, 6.45) is 0.975. The van der Waals surface area contributed by atoms with Crippen molar-refractivity contribution in [2.24, 2.45) is 0 Å². The molecule has 0 aliphatic heterocycles. The minimum absolute atomic E-state index is 0.559. The molecule has 2 nitrogen and oxygen atoms in total. The van der Waals surface area contributed by atoms with Crippen molar-refractivity contribution in [1.29, 1.82) is 0 Å². The average Bonchev–Trinajstić information content (AvgIpc) is 2.19. The van der Waals surface area contributed by atoms with Crippen LogP contribution in [-0.4, -0.2) is 19.4 Å². The fourth-order valence-electron chi connectivity index (χ4n) is 0.901. The quantitative estimate of drug-likeness (QED) is 0.516. The normalized spacial score (nSPS) is 10.8. The minimum Gasteiger partial charge on any atom is -0.493 e. The van der Waals surface area contributed by atoms with E-state index in [-0.39, 0.29) is 0 Å². The highest BCUT2D eigenvalue weighted by Gasteiger charge is 1.90. The molecule has 1 unspecified atom stereocenters. The summed E-state index contributed by atoms with van der Waals surface area (Å²) < 4.78 is 10.7. The van der Waals surface area contributed by atoms with Gasteiger partial charge in [0.2, 0.25) is 0 Å². The Morgan fingerprint density at radius 2 is 2.00 bits per heavy atom. The zero-order valence-electron chi connectivity index (χ0n) is 7.82. The lowest BCUT2D eigenvalue weighted by Crippen LogP contribution is -1.99. The third-order valence-electron chi connectivity index (χ3n) is 1.46. The number of ether oxygens (including phenoxy) is 1. The second-order valence-electron chi connectivity index (χ2n) is 2.49. The summed E-state index contributed by atoms with van der Waals surface area (Å²) in [5.41, 5.74) is 0. The van der Waals surface area contributed by atoms with Crippen molar-refractivity contribution in [2.45, 2.75) is 6.92 Å². The molecule has 0 aliphatic rings. The van der Waals surface area contributed by atoms with Gasteiger partial charge in [-0.05, 0) is 19.1 Å². The fraction of sp³-hybridized carbons (Fsp3) is 0.400. The van der Waals surface area contributed by atoms with Crippen LogP contribution in [0.4, 0.5) is 0 Å². The Labute approximate surface area is 81.1 Å². The van der Waals surface area contributed by atoms with Gasteiger partial charge in [0.15, 0.2) is 0 Å². The van der Waals surface area contributed by atoms with Crippen LogP contribution in [0.2, 0.25) is 0 Å². The molecule has 0 saturated carbocycles. The van der Waals surface area contributed by atoms with Gasteiger partial charge in [-0.15, -0.1) is 0 Å². The molecule has 13 heavy (non-hydrogen) atoms. The first-order chi connectivity index (χ1) is 6.43. The maximum Gasteiger partial charge on any atom is 0.119 e. The lowest BCUT2D eigenvalue weighted by molar-refractivity contribution is 0.334. The van der Waals surface area contributed by atoms with Gasteiger partial charge in [-0.3, -0.25) is 0 Å². The van der Waals surface area contributed by atoms with Gasteiger partial charge in [-0.2, -0.15) is 0 Å². The van der Waals surface area contributed by atoms with Gasteiger partial charge < -0.3 is 9.26 Å². The Balaban J connectivity index is 2.07. The third-order valence-corrected chi connectivity index (χ3v) is 2.36. The molecular weight excluding hydrogens is 183 g/mol. The molecule has 3 heteroatoms. The summed E-state index contributed by atoms with van der Waals surface area (Å²) >= 11 is 0. The third kappa shape index (κ3) is 4.87. The first-order valence-corrected chi connectivity index (χ1v) is 5.57. The van der Waals surface area contributed by atoms with Gasteiger partial charge in [-0.25, -0.2) is 0 Å². The van der Waals surface area contributed by atoms with Gasteiger partial charge in [0.05, 0.1) is 6.61 Å². The molecule has 1 aromatic carbocycles. The summed E-state index contributed by atoms with van der Waals surface area (Å²) in [7, 11) is 0.559. The molecule has 0 N–H and O–H groups in total. The largest absolute Gasteiger partial charge is 0.493 e. The standard InChI is InChI=1S/C10H15O2P/c1-2-12-13-9-8-11-10-6-4-3-5-7-10/h3-7,13H,2,8-9H2,1H3. The van der Waals surface area contributed by atoms with Gasteiger partial charge >= 0.3 is 0 Å².